The van der Waals surface area contributed by atoms with Crippen LogP contribution in [0.4, 0.5) is 4.39 Å². The molecular formula is C19H24FN3O7S. The van der Waals surface area contributed by atoms with Crippen molar-refractivity contribution in [3.8, 4) is 0 Å². The molecule has 1 aromatic rings. The molecule has 12 heteroatoms. The molecule has 0 heterocycles. The van der Waals surface area contributed by atoms with E-state index in [4.69, 9.17) is 5.73 Å². The van der Waals surface area contributed by atoms with Crippen molar-refractivity contribution < 1.29 is 37.4 Å². The molecule has 0 fully saturated rings. The molecule has 170 valence electrons. The van der Waals surface area contributed by atoms with E-state index >= 15 is 0 Å². The molecule has 2 rings (SSSR count). The standard InChI is InChI=1S/C19H24FN3O7S/c1-31(29,30)6-5-13(17(21)26)22-19(28)11-8-14(16(25)15(24)9-11)23-18(27)10-3-2-4-12(20)7-10/h2-4,7-8,13-16,24-25H,5-6,9H2,1H3,(H2,21,26)(H,22,28)(H,23,27). The van der Waals surface area contributed by atoms with Gasteiger partial charge >= 0.3 is 0 Å². The molecule has 0 radical (unpaired) electrons. The minimum Gasteiger partial charge on any atom is -0.390 e. The Bertz CT molecular complexity index is 996. The molecule has 0 aliphatic heterocycles. The average molecular weight is 457 g/mol. The smallest absolute Gasteiger partial charge is 0.251 e. The Kier molecular flexibility index (Phi) is 7.87. The van der Waals surface area contributed by atoms with Crippen LogP contribution < -0.4 is 16.4 Å². The summed E-state index contributed by atoms with van der Waals surface area (Å²) in [5.41, 5.74) is 5.14. The van der Waals surface area contributed by atoms with Crippen molar-refractivity contribution in [2.24, 2.45) is 5.73 Å². The Labute approximate surface area is 178 Å². The summed E-state index contributed by atoms with van der Waals surface area (Å²) in [4.78, 5) is 36.4. The SMILES string of the molecule is CS(=O)(=O)CCC(NC(=O)C1=CC(NC(=O)c2cccc(F)c2)C(O)C(O)C1)C(N)=O. The first kappa shape index (κ1) is 24.4. The monoisotopic (exact) mass is 457 g/mol. The lowest BCUT2D eigenvalue weighted by Gasteiger charge is -2.31. The number of nitrogens with two attached hydrogens (primary N) is 1. The van der Waals surface area contributed by atoms with E-state index in [0.29, 0.717) is 0 Å². The largest absolute Gasteiger partial charge is 0.390 e. The summed E-state index contributed by atoms with van der Waals surface area (Å²) in [5.74, 6) is -3.51. The zero-order chi connectivity index (χ0) is 23.3. The Morgan fingerprint density at radius 1 is 1.26 bits per heavy atom. The van der Waals surface area contributed by atoms with Gasteiger partial charge in [-0.2, -0.15) is 0 Å². The molecule has 0 saturated carbocycles. The summed E-state index contributed by atoms with van der Waals surface area (Å²) in [6.07, 6.45) is -1.19. The summed E-state index contributed by atoms with van der Waals surface area (Å²) in [7, 11) is -3.40. The van der Waals surface area contributed by atoms with E-state index in [1.807, 2.05) is 0 Å². The number of hydrogen-bond donors (Lipinski definition) is 5. The fraction of sp³-hybridized carbons (Fsp3) is 0.421. The highest BCUT2D eigenvalue weighted by Gasteiger charge is 2.34. The summed E-state index contributed by atoms with van der Waals surface area (Å²) < 4.78 is 35.9. The second kappa shape index (κ2) is 9.98. The highest BCUT2D eigenvalue weighted by Crippen LogP contribution is 2.21. The molecule has 4 atom stereocenters. The van der Waals surface area contributed by atoms with Gasteiger partial charge in [0.05, 0.1) is 17.9 Å². The lowest BCUT2D eigenvalue weighted by Crippen LogP contribution is -2.52. The fourth-order valence-electron chi connectivity index (χ4n) is 3.00. The first-order chi connectivity index (χ1) is 14.4. The maximum Gasteiger partial charge on any atom is 0.251 e. The van der Waals surface area contributed by atoms with E-state index in [-0.39, 0.29) is 29.7 Å². The number of primary amides is 1. The van der Waals surface area contributed by atoms with E-state index in [1.165, 1.54) is 18.2 Å². The number of halogens is 1. The van der Waals surface area contributed by atoms with Crippen LogP contribution in [0, 0.1) is 5.82 Å². The van der Waals surface area contributed by atoms with Crippen molar-refractivity contribution in [2.45, 2.75) is 37.1 Å². The van der Waals surface area contributed by atoms with E-state index < -0.39 is 57.7 Å². The number of benzene rings is 1. The van der Waals surface area contributed by atoms with Crippen LogP contribution in [0.5, 0.6) is 0 Å². The van der Waals surface area contributed by atoms with Crippen LogP contribution in [0.1, 0.15) is 23.2 Å². The normalized spacial score (nSPS) is 22.2. The van der Waals surface area contributed by atoms with Crippen molar-refractivity contribution in [3.05, 3.63) is 47.3 Å². The minimum absolute atomic E-state index is 0.0266. The number of sulfone groups is 1. The van der Waals surface area contributed by atoms with Gasteiger partial charge in [-0.1, -0.05) is 12.1 Å². The molecule has 0 bridgehead atoms. The van der Waals surface area contributed by atoms with Gasteiger partial charge < -0.3 is 26.6 Å². The number of hydrogen-bond acceptors (Lipinski definition) is 7. The second-order valence-corrected chi connectivity index (χ2v) is 9.57. The average Bonchev–Trinajstić information content (AvgIpc) is 2.67. The molecule has 1 aliphatic carbocycles. The summed E-state index contributed by atoms with van der Waals surface area (Å²) in [6, 6.07) is 2.36. The highest BCUT2D eigenvalue weighted by molar-refractivity contribution is 7.90. The Hall–Kier alpha value is -2.83. The van der Waals surface area contributed by atoms with Gasteiger partial charge in [0, 0.05) is 23.8 Å². The zero-order valence-corrected chi connectivity index (χ0v) is 17.4. The molecule has 6 N–H and O–H groups in total. The van der Waals surface area contributed by atoms with Crippen molar-refractivity contribution in [3.63, 3.8) is 0 Å². The topological polar surface area (TPSA) is 176 Å². The summed E-state index contributed by atoms with van der Waals surface area (Å²) in [6.45, 7) is 0. The molecule has 0 spiro atoms. The van der Waals surface area contributed by atoms with Gasteiger partial charge in [-0.25, -0.2) is 12.8 Å². The Morgan fingerprint density at radius 2 is 1.94 bits per heavy atom. The van der Waals surface area contributed by atoms with Gasteiger partial charge in [-0.15, -0.1) is 0 Å². The maximum atomic E-state index is 13.3. The van der Waals surface area contributed by atoms with Crippen LogP contribution >= 0.6 is 0 Å². The van der Waals surface area contributed by atoms with Crippen LogP contribution in [0.15, 0.2) is 35.9 Å². The number of aliphatic hydroxyl groups excluding tert-OH is 2. The third-order valence-corrected chi connectivity index (χ3v) is 5.65. The van der Waals surface area contributed by atoms with Crippen molar-refractivity contribution in [1.82, 2.24) is 10.6 Å². The van der Waals surface area contributed by atoms with Gasteiger partial charge in [0.2, 0.25) is 11.8 Å². The maximum absolute atomic E-state index is 13.3. The van der Waals surface area contributed by atoms with Crippen molar-refractivity contribution in [1.29, 1.82) is 0 Å². The lowest BCUT2D eigenvalue weighted by atomic mass is 9.89. The quantitative estimate of drug-likeness (QED) is 0.312. The number of nitrogens with one attached hydrogen (secondary N) is 2. The Balaban J connectivity index is 2.15. The van der Waals surface area contributed by atoms with Gasteiger partial charge in [0.25, 0.3) is 5.91 Å². The predicted molar refractivity (Wildman–Crippen MR) is 108 cm³/mol. The highest BCUT2D eigenvalue weighted by atomic mass is 32.2. The molecule has 1 aromatic carbocycles. The summed E-state index contributed by atoms with van der Waals surface area (Å²) in [5, 5.41) is 25.0. The van der Waals surface area contributed by atoms with Crippen LogP contribution in [-0.4, -0.2) is 72.7 Å². The van der Waals surface area contributed by atoms with Crippen LogP contribution in [0.3, 0.4) is 0 Å². The first-order valence-corrected chi connectivity index (χ1v) is 11.3. The number of rotatable bonds is 8. The number of carbonyl (C=O) groups is 3. The van der Waals surface area contributed by atoms with E-state index in [1.54, 1.807) is 0 Å². The molecule has 3 amide bonds. The third-order valence-electron chi connectivity index (χ3n) is 4.67. The minimum atomic E-state index is -3.40. The summed E-state index contributed by atoms with van der Waals surface area (Å²) >= 11 is 0. The molecule has 10 nitrogen and oxygen atoms in total. The second-order valence-electron chi connectivity index (χ2n) is 7.31. The van der Waals surface area contributed by atoms with Crippen LogP contribution in [-0.2, 0) is 19.4 Å². The van der Waals surface area contributed by atoms with E-state index in [9.17, 15) is 37.4 Å². The molecular weight excluding hydrogens is 433 g/mol. The third kappa shape index (κ3) is 7.12. The number of carbonyl (C=O) groups excluding carboxylic acids is 3. The van der Waals surface area contributed by atoms with E-state index in [2.05, 4.69) is 10.6 Å². The molecule has 0 aromatic heterocycles. The van der Waals surface area contributed by atoms with Crippen molar-refractivity contribution >= 4 is 27.6 Å². The predicted octanol–water partition coefficient (Wildman–Crippen LogP) is -1.62. The van der Waals surface area contributed by atoms with Gasteiger partial charge in [0.15, 0.2) is 0 Å². The zero-order valence-electron chi connectivity index (χ0n) is 16.6. The van der Waals surface area contributed by atoms with Gasteiger partial charge in [-0.05, 0) is 24.6 Å². The van der Waals surface area contributed by atoms with Crippen LogP contribution in [0.2, 0.25) is 0 Å². The van der Waals surface area contributed by atoms with Gasteiger partial charge in [0.1, 0.15) is 27.8 Å². The lowest BCUT2D eigenvalue weighted by molar-refractivity contribution is -0.125. The fourth-order valence-corrected chi connectivity index (χ4v) is 3.66. The number of aliphatic hydroxyl groups is 2. The van der Waals surface area contributed by atoms with E-state index in [0.717, 1.165) is 18.4 Å². The molecule has 31 heavy (non-hydrogen) atoms. The van der Waals surface area contributed by atoms with Crippen LogP contribution in [0.25, 0.3) is 0 Å². The Morgan fingerprint density at radius 3 is 2.52 bits per heavy atom. The van der Waals surface area contributed by atoms with Gasteiger partial charge in [-0.3, -0.25) is 14.4 Å². The first-order valence-electron chi connectivity index (χ1n) is 9.28. The molecule has 0 saturated heterocycles. The molecule has 4 unspecified atom stereocenters. The van der Waals surface area contributed by atoms with Crippen molar-refractivity contribution in [2.75, 3.05) is 12.0 Å². The molecule has 1 aliphatic rings. The number of amides is 3.